The number of rotatable bonds is 13. The van der Waals surface area contributed by atoms with E-state index in [4.69, 9.17) is 0 Å². The molecule has 186 valence electrons. The van der Waals surface area contributed by atoms with E-state index in [9.17, 15) is 0 Å². The van der Waals surface area contributed by atoms with Crippen LogP contribution < -0.4 is 5.19 Å². The molecule has 0 saturated carbocycles. The Morgan fingerprint density at radius 3 is 1.83 bits per heavy atom. The number of allylic oxidation sites excluding steroid dienone is 4. The Labute approximate surface area is 222 Å². The van der Waals surface area contributed by atoms with Gasteiger partial charge in [-0.2, -0.15) is 0 Å². The minimum Gasteiger partial charge on any atom is -0.0806 e. The molecule has 1 aliphatic rings. The van der Waals surface area contributed by atoms with Crippen molar-refractivity contribution < 1.29 is 0 Å². The van der Waals surface area contributed by atoms with Gasteiger partial charge in [0.1, 0.15) is 9.52 Å². The first kappa shape index (κ1) is 26.4. The van der Waals surface area contributed by atoms with Crippen molar-refractivity contribution in [1.82, 2.24) is 0 Å². The van der Waals surface area contributed by atoms with Gasteiger partial charge in [0, 0.05) is 0 Å². The van der Waals surface area contributed by atoms with Gasteiger partial charge in [0.15, 0.2) is 0 Å². The van der Waals surface area contributed by atoms with Crippen molar-refractivity contribution in [2.75, 3.05) is 0 Å². The molecule has 0 nitrogen and oxygen atoms in total. The van der Waals surface area contributed by atoms with Crippen molar-refractivity contribution >= 4 is 14.7 Å². The Morgan fingerprint density at radius 1 is 0.639 bits per heavy atom. The third-order valence-corrected chi connectivity index (χ3v) is 8.84. The molecule has 2 radical (unpaired) electrons. The van der Waals surface area contributed by atoms with Crippen LogP contribution in [0.25, 0.3) is 22.3 Å². The largest absolute Gasteiger partial charge is 0.117 e. The van der Waals surface area contributed by atoms with E-state index in [1.807, 2.05) is 0 Å². The van der Waals surface area contributed by atoms with E-state index < -0.39 is 0 Å². The first-order valence-corrected chi connectivity index (χ1v) is 15.2. The fraction of sp³-hybridized carbons (Fsp3) is 0.371. The maximum Gasteiger partial charge on any atom is 0.117 e. The summed E-state index contributed by atoms with van der Waals surface area (Å²) in [7, 11) is 0.728. The van der Waals surface area contributed by atoms with Gasteiger partial charge in [-0.1, -0.05) is 135 Å². The van der Waals surface area contributed by atoms with Gasteiger partial charge in [-0.3, -0.25) is 0 Å². The molecule has 36 heavy (non-hydrogen) atoms. The normalized spacial score (nSPS) is 13.1. The van der Waals surface area contributed by atoms with Gasteiger partial charge in [-0.15, -0.1) is 0 Å². The van der Waals surface area contributed by atoms with Crippen LogP contribution in [0, 0.1) is 0 Å². The van der Waals surface area contributed by atoms with Gasteiger partial charge in [0.2, 0.25) is 0 Å². The Bertz CT molecular complexity index is 1160. The minimum absolute atomic E-state index is 0.728. The molecule has 0 N–H and O–H groups in total. The van der Waals surface area contributed by atoms with E-state index in [-0.39, 0.29) is 0 Å². The Kier molecular flexibility index (Phi) is 9.99. The van der Waals surface area contributed by atoms with E-state index in [1.54, 1.807) is 10.8 Å². The summed E-state index contributed by atoms with van der Waals surface area (Å²) >= 11 is 0. The molecule has 0 atom stereocenters. The highest BCUT2D eigenvalue weighted by atomic mass is 28.2. The number of hydrogen-bond donors (Lipinski definition) is 0. The quantitative estimate of drug-likeness (QED) is 0.209. The predicted molar refractivity (Wildman–Crippen MR) is 160 cm³/mol. The maximum atomic E-state index is 2.39. The lowest BCUT2D eigenvalue weighted by atomic mass is 9.92. The Hall–Kier alpha value is -2.64. The first-order valence-electron chi connectivity index (χ1n) is 14.2. The topological polar surface area (TPSA) is 0 Å². The Morgan fingerprint density at radius 2 is 1.22 bits per heavy atom. The summed E-state index contributed by atoms with van der Waals surface area (Å²) < 4.78 is 0. The molecule has 0 saturated heterocycles. The van der Waals surface area contributed by atoms with Crippen LogP contribution in [0.3, 0.4) is 0 Å². The maximum absolute atomic E-state index is 2.39. The molecular formula is C35H42Si. The molecule has 4 rings (SSSR count). The summed E-state index contributed by atoms with van der Waals surface area (Å²) in [5, 5.41) is 3.12. The van der Waals surface area contributed by atoms with E-state index >= 15 is 0 Å². The Balaban J connectivity index is 1.73. The summed E-state index contributed by atoms with van der Waals surface area (Å²) in [6, 6.07) is 25.8. The van der Waals surface area contributed by atoms with Crippen molar-refractivity contribution in [3.05, 3.63) is 101 Å². The predicted octanol–water partition coefficient (Wildman–Crippen LogP) is 9.44. The second kappa shape index (κ2) is 13.6. The fourth-order valence-corrected chi connectivity index (χ4v) is 6.60. The van der Waals surface area contributed by atoms with Crippen LogP contribution in [0.1, 0.15) is 83.3 Å². The van der Waals surface area contributed by atoms with Gasteiger partial charge in [0.25, 0.3) is 0 Å². The first-order chi connectivity index (χ1) is 17.7. The van der Waals surface area contributed by atoms with Crippen molar-refractivity contribution in [3.8, 4) is 22.3 Å². The zero-order valence-electron chi connectivity index (χ0n) is 22.6. The molecule has 0 aliphatic heterocycles. The summed E-state index contributed by atoms with van der Waals surface area (Å²) in [5.41, 5.74) is 9.96. The van der Waals surface area contributed by atoms with E-state index in [1.165, 1.54) is 96.4 Å². The van der Waals surface area contributed by atoms with Crippen LogP contribution in [0.5, 0.6) is 0 Å². The molecule has 1 heteroatoms. The minimum atomic E-state index is 0.728. The number of benzene rings is 3. The molecule has 0 amide bonds. The van der Waals surface area contributed by atoms with E-state index in [0.29, 0.717) is 0 Å². The molecule has 0 spiro atoms. The third kappa shape index (κ3) is 6.76. The molecule has 0 unspecified atom stereocenters. The third-order valence-electron chi connectivity index (χ3n) is 7.32. The molecule has 1 aliphatic carbocycles. The number of unbranched alkanes of at least 4 members (excludes halogenated alkanes) is 3. The van der Waals surface area contributed by atoms with Gasteiger partial charge < -0.3 is 0 Å². The van der Waals surface area contributed by atoms with Crippen LogP contribution in [0.4, 0.5) is 0 Å². The molecule has 0 fully saturated rings. The lowest BCUT2D eigenvalue weighted by Gasteiger charge is -2.17. The van der Waals surface area contributed by atoms with Crippen LogP contribution in [-0.2, 0) is 12.8 Å². The number of hydrogen-bond acceptors (Lipinski definition) is 0. The van der Waals surface area contributed by atoms with Crippen LogP contribution >= 0.6 is 0 Å². The second-order valence-electron chi connectivity index (χ2n) is 10.2. The summed E-state index contributed by atoms with van der Waals surface area (Å²) in [4.78, 5) is 0. The van der Waals surface area contributed by atoms with Crippen LogP contribution in [0.2, 0.25) is 0 Å². The molecule has 3 aromatic rings. The second-order valence-corrected chi connectivity index (χ2v) is 11.6. The average Bonchev–Trinajstić information content (AvgIpc) is 3.36. The van der Waals surface area contributed by atoms with Gasteiger partial charge in [-0.05, 0) is 78.3 Å². The molecule has 3 aromatic carbocycles. The van der Waals surface area contributed by atoms with Crippen LogP contribution in [0.15, 0.2) is 89.7 Å². The van der Waals surface area contributed by atoms with Crippen molar-refractivity contribution in [2.24, 2.45) is 0 Å². The highest BCUT2D eigenvalue weighted by Crippen LogP contribution is 2.33. The molecule has 0 heterocycles. The van der Waals surface area contributed by atoms with Gasteiger partial charge in [-0.25, -0.2) is 0 Å². The summed E-state index contributed by atoms with van der Waals surface area (Å²) in [6.45, 7) is 6.83. The zero-order chi connectivity index (χ0) is 25.2. The lowest BCUT2D eigenvalue weighted by Crippen LogP contribution is -2.20. The van der Waals surface area contributed by atoms with Gasteiger partial charge in [0.05, 0.1) is 0 Å². The summed E-state index contributed by atoms with van der Waals surface area (Å²) in [6.07, 6.45) is 17.0. The smallest absolute Gasteiger partial charge is 0.0806 e. The van der Waals surface area contributed by atoms with Crippen molar-refractivity contribution in [3.63, 3.8) is 0 Å². The highest BCUT2D eigenvalue weighted by Gasteiger charge is 2.17. The number of aryl methyl sites for hydroxylation is 2. The van der Waals surface area contributed by atoms with E-state index in [0.717, 1.165) is 15.9 Å². The van der Waals surface area contributed by atoms with Crippen molar-refractivity contribution in [2.45, 2.75) is 85.0 Å². The average molecular weight is 491 g/mol. The SMILES string of the molecule is CCCCC1=C([Si]c2cccc(-c3ccc(CCCC)cc3)c2-c2ccc(CCCC)cc2)CC=C1. The molecular weight excluding hydrogens is 448 g/mol. The van der Waals surface area contributed by atoms with E-state index in [2.05, 4.69) is 99.7 Å². The fourth-order valence-electron chi connectivity index (χ4n) is 5.10. The van der Waals surface area contributed by atoms with Gasteiger partial charge >= 0.3 is 0 Å². The van der Waals surface area contributed by atoms with Crippen molar-refractivity contribution in [1.29, 1.82) is 0 Å². The van der Waals surface area contributed by atoms with Crippen LogP contribution in [-0.4, -0.2) is 9.52 Å². The monoisotopic (exact) mass is 490 g/mol. The zero-order valence-corrected chi connectivity index (χ0v) is 23.6. The molecule has 0 aromatic heterocycles. The molecule has 0 bridgehead atoms. The lowest BCUT2D eigenvalue weighted by molar-refractivity contribution is 0.795. The highest BCUT2D eigenvalue weighted by molar-refractivity contribution is 6.63. The summed E-state index contributed by atoms with van der Waals surface area (Å²) in [5.74, 6) is 0. The standard InChI is InChI=1S/C35H42Si/c1-4-7-12-27-19-23-29(24-20-27)32-16-11-18-34(36-33-17-10-15-30(33)14-9-6-3)35(32)31-25-21-28(22-26-31)13-8-5-2/h10-11,15-16,18-26H,4-9,12-14,17H2,1-3H3.